The fraction of sp³-hybridized carbons (Fsp3) is 0.556. The zero-order chi connectivity index (χ0) is 18.9. The zero-order valence-electron chi connectivity index (χ0n) is 16.1. The summed E-state index contributed by atoms with van der Waals surface area (Å²) in [7, 11) is 3.34. The summed E-state index contributed by atoms with van der Waals surface area (Å²) < 4.78 is 5.09. The van der Waals surface area contributed by atoms with E-state index in [9.17, 15) is 4.79 Å². The Morgan fingerprint density at radius 3 is 2.44 bits per heavy atom. The molecule has 0 spiro atoms. The monoisotopic (exact) mass is 509 g/mol. The number of hydrogen-bond donors (Lipinski definition) is 2. The number of carbonyl (C=O) groups is 1. The summed E-state index contributed by atoms with van der Waals surface area (Å²) >= 11 is 5.94. The van der Waals surface area contributed by atoms with Crippen LogP contribution in [0.4, 0.5) is 5.69 Å². The van der Waals surface area contributed by atoms with Crippen LogP contribution in [0.2, 0.25) is 5.02 Å². The van der Waals surface area contributed by atoms with E-state index in [0.717, 1.165) is 23.8 Å². The molecule has 1 aromatic carbocycles. The predicted octanol–water partition coefficient (Wildman–Crippen LogP) is 1.81. The van der Waals surface area contributed by atoms with Crippen LogP contribution in [-0.2, 0) is 9.53 Å². The standard InChI is InChI=1S/C18H28ClN5O2.HI/c1-14(13-26-3)22-18(20-2)21-12-17(25)24-10-8-23(9-11-24)16-6-4-15(19)5-7-16;/h4-7,14H,8-13H2,1-3H3,(H2,20,21,22);1H. The number of rotatable bonds is 6. The summed E-state index contributed by atoms with van der Waals surface area (Å²) in [5.41, 5.74) is 1.14. The first-order valence-electron chi connectivity index (χ1n) is 8.78. The Balaban J connectivity index is 0.00000364. The first-order valence-corrected chi connectivity index (χ1v) is 9.15. The van der Waals surface area contributed by atoms with Crippen LogP contribution < -0.4 is 15.5 Å². The summed E-state index contributed by atoms with van der Waals surface area (Å²) in [6, 6.07) is 7.92. The molecule has 1 heterocycles. The Bertz CT molecular complexity index is 606. The predicted molar refractivity (Wildman–Crippen MR) is 121 cm³/mol. The smallest absolute Gasteiger partial charge is 0.242 e. The van der Waals surface area contributed by atoms with Crippen molar-refractivity contribution in [2.24, 2.45) is 4.99 Å². The summed E-state index contributed by atoms with van der Waals surface area (Å²) in [6.07, 6.45) is 0. The van der Waals surface area contributed by atoms with Gasteiger partial charge in [0, 0.05) is 57.1 Å². The third-order valence-corrected chi connectivity index (χ3v) is 4.51. The lowest BCUT2D eigenvalue weighted by Crippen LogP contribution is -2.52. The molecule has 1 unspecified atom stereocenters. The van der Waals surface area contributed by atoms with Crippen molar-refractivity contribution < 1.29 is 9.53 Å². The van der Waals surface area contributed by atoms with Gasteiger partial charge in [0.2, 0.25) is 5.91 Å². The SMILES string of the molecule is CN=C(NCC(=O)N1CCN(c2ccc(Cl)cc2)CC1)NC(C)COC.I. The van der Waals surface area contributed by atoms with Crippen LogP contribution in [0.3, 0.4) is 0 Å². The number of piperazine rings is 1. The van der Waals surface area contributed by atoms with Gasteiger partial charge in [0.05, 0.1) is 13.2 Å². The number of amides is 1. The van der Waals surface area contributed by atoms with E-state index in [-0.39, 0.29) is 42.5 Å². The second-order valence-electron chi connectivity index (χ2n) is 6.27. The van der Waals surface area contributed by atoms with Crippen molar-refractivity contribution >= 4 is 53.1 Å². The van der Waals surface area contributed by atoms with E-state index in [2.05, 4.69) is 20.5 Å². The minimum absolute atomic E-state index is 0. The number of halogens is 2. The van der Waals surface area contributed by atoms with Crippen molar-refractivity contribution in [3.05, 3.63) is 29.3 Å². The molecule has 1 aliphatic heterocycles. The second kappa shape index (κ2) is 12.2. The average Bonchev–Trinajstić information content (AvgIpc) is 2.66. The molecular weight excluding hydrogens is 481 g/mol. The molecule has 0 radical (unpaired) electrons. The maximum absolute atomic E-state index is 12.4. The zero-order valence-corrected chi connectivity index (χ0v) is 19.2. The number of anilines is 1. The van der Waals surface area contributed by atoms with E-state index >= 15 is 0 Å². The number of guanidine groups is 1. The van der Waals surface area contributed by atoms with Crippen LogP contribution in [0.15, 0.2) is 29.3 Å². The van der Waals surface area contributed by atoms with Crippen molar-refractivity contribution in [2.45, 2.75) is 13.0 Å². The Morgan fingerprint density at radius 2 is 1.89 bits per heavy atom. The number of nitrogens with one attached hydrogen (secondary N) is 2. The van der Waals surface area contributed by atoms with E-state index in [1.165, 1.54) is 0 Å². The van der Waals surface area contributed by atoms with Gasteiger partial charge in [-0.05, 0) is 31.2 Å². The maximum Gasteiger partial charge on any atom is 0.242 e. The molecule has 152 valence electrons. The molecule has 0 aromatic heterocycles. The quantitative estimate of drug-likeness (QED) is 0.348. The van der Waals surface area contributed by atoms with E-state index < -0.39 is 0 Å². The van der Waals surface area contributed by atoms with E-state index in [1.807, 2.05) is 36.1 Å². The largest absolute Gasteiger partial charge is 0.383 e. The maximum atomic E-state index is 12.4. The van der Waals surface area contributed by atoms with Gasteiger partial charge in [0.15, 0.2) is 5.96 Å². The molecule has 9 heteroatoms. The highest BCUT2D eigenvalue weighted by Gasteiger charge is 2.21. The number of ether oxygens (including phenoxy) is 1. The highest BCUT2D eigenvalue weighted by atomic mass is 127. The molecule has 0 bridgehead atoms. The highest BCUT2D eigenvalue weighted by Crippen LogP contribution is 2.19. The third-order valence-electron chi connectivity index (χ3n) is 4.25. The van der Waals surface area contributed by atoms with Crippen LogP contribution in [-0.4, -0.2) is 76.3 Å². The van der Waals surface area contributed by atoms with Crippen LogP contribution >= 0.6 is 35.6 Å². The number of carbonyl (C=O) groups excluding carboxylic acids is 1. The van der Waals surface area contributed by atoms with Crippen LogP contribution in [0.5, 0.6) is 0 Å². The molecule has 7 nitrogen and oxygen atoms in total. The Kier molecular flexibility index (Phi) is 10.8. The van der Waals surface area contributed by atoms with Crippen molar-refractivity contribution in [3.8, 4) is 0 Å². The average molecular weight is 510 g/mol. The minimum Gasteiger partial charge on any atom is -0.383 e. The molecule has 0 aliphatic carbocycles. The summed E-state index contributed by atoms with van der Waals surface area (Å²) in [6.45, 7) is 5.82. The molecular formula is C18H29ClIN5O2. The van der Waals surface area contributed by atoms with Crippen molar-refractivity contribution in [2.75, 3.05) is 58.4 Å². The van der Waals surface area contributed by atoms with Crippen molar-refractivity contribution in [1.29, 1.82) is 0 Å². The van der Waals surface area contributed by atoms with E-state index in [4.69, 9.17) is 16.3 Å². The fourth-order valence-electron chi connectivity index (χ4n) is 2.86. The molecule has 1 aliphatic rings. The van der Waals surface area contributed by atoms with Gasteiger partial charge in [-0.25, -0.2) is 0 Å². The summed E-state index contributed by atoms with van der Waals surface area (Å²) in [5.74, 6) is 0.672. The van der Waals surface area contributed by atoms with Gasteiger partial charge < -0.3 is 25.2 Å². The lowest BCUT2D eigenvalue weighted by atomic mass is 10.2. The van der Waals surface area contributed by atoms with Gasteiger partial charge >= 0.3 is 0 Å². The van der Waals surface area contributed by atoms with E-state index in [0.29, 0.717) is 25.7 Å². The lowest BCUT2D eigenvalue weighted by molar-refractivity contribution is -0.130. The number of hydrogen-bond acceptors (Lipinski definition) is 4. The number of methoxy groups -OCH3 is 1. The number of nitrogens with zero attached hydrogens (tertiary/aromatic N) is 3. The topological polar surface area (TPSA) is 69.2 Å². The van der Waals surface area contributed by atoms with Crippen LogP contribution in [0.1, 0.15) is 6.92 Å². The normalized spacial score (nSPS) is 15.8. The molecule has 2 N–H and O–H groups in total. The molecule has 0 saturated carbocycles. The molecule has 27 heavy (non-hydrogen) atoms. The van der Waals surface area contributed by atoms with Gasteiger partial charge in [-0.15, -0.1) is 24.0 Å². The van der Waals surface area contributed by atoms with Crippen LogP contribution in [0, 0.1) is 0 Å². The summed E-state index contributed by atoms with van der Waals surface area (Å²) in [4.78, 5) is 20.7. The second-order valence-corrected chi connectivity index (χ2v) is 6.71. The Hall–Kier alpha value is -1.26. The first kappa shape index (κ1) is 23.8. The molecule has 1 atom stereocenters. The van der Waals surface area contributed by atoms with Gasteiger partial charge in [0.1, 0.15) is 0 Å². The van der Waals surface area contributed by atoms with Crippen molar-refractivity contribution in [3.63, 3.8) is 0 Å². The molecule has 2 rings (SSSR count). The highest BCUT2D eigenvalue weighted by molar-refractivity contribution is 14.0. The number of aliphatic imine (C=N–C) groups is 1. The Labute approximate surface area is 183 Å². The lowest BCUT2D eigenvalue weighted by Gasteiger charge is -2.36. The third kappa shape index (κ3) is 7.71. The molecule has 1 amide bonds. The van der Waals surface area contributed by atoms with Gasteiger partial charge in [0.25, 0.3) is 0 Å². The summed E-state index contributed by atoms with van der Waals surface area (Å²) in [5, 5.41) is 6.98. The molecule has 1 saturated heterocycles. The van der Waals surface area contributed by atoms with Gasteiger partial charge in [-0.3, -0.25) is 9.79 Å². The van der Waals surface area contributed by atoms with Gasteiger partial charge in [-0.1, -0.05) is 11.6 Å². The van der Waals surface area contributed by atoms with Gasteiger partial charge in [-0.2, -0.15) is 0 Å². The molecule has 1 fully saturated rings. The molecule has 1 aromatic rings. The number of benzene rings is 1. The first-order chi connectivity index (χ1) is 12.5. The minimum atomic E-state index is 0. The fourth-order valence-corrected chi connectivity index (χ4v) is 2.98. The van der Waals surface area contributed by atoms with Crippen molar-refractivity contribution in [1.82, 2.24) is 15.5 Å². The van der Waals surface area contributed by atoms with E-state index in [1.54, 1.807) is 14.2 Å². The Morgan fingerprint density at radius 1 is 1.26 bits per heavy atom. The van der Waals surface area contributed by atoms with Crippen LogP contribution in [0.25, 0.3) is 0 Å².